The van der Waals surface area contributed by atoms with Crippen molar-refractivity contribution in [3.05, 3.63) is 63.7 Å². The van der Waals surface area contributed by atoms with Gasteiger partial charge in [-0.3, -0.25) is 4.90 Å². The number of anilines is 1. The Kier molecular flexibility index (Phi) is 6.11. The van der Waals surface area contributed by atoms with E-state index in [9.17, 15) is 31.1 Å². The molecule has 0 saturated carbocycles. The fourth-order valence-corrected chi connectivity index (χ4v) is 3.68. The summed E-state index contributed by atoms with van der Waals surface area (Å²) in [5.41, 5.74) is 5.95. The summed E-state index contributed by atoms with van der Waals surface area (Å²) in [6, 6.07) is 4.85. The Morgan fingerprint density at radius 2 is 1.48 bits per heavy atom. The highest BCUT2D eigenvalue weighted by Gasteiger charge is 2.37. The van der Waals surface area contributed by atoms with E-state index in [2.05, 4.69) is 4.74 Å². The van der Waals surface area contributed by atoms with Crippen LogP contribution < -0.4 is 5.73 Å². The van der Waals surface area contributed by atoms with Gasteiger partial charge in [0.05, 0.1) is 24.8 Å². The van der Waals surface area contributed by atoms with Crippen LogP contribution in [-0.4, -0.2) is 18.1 Å². The molecule has 3 rings (SSSR count). The van der Waals surface area contributed by atoms with E-state index in [0.717, 1.165) is 42.4 Å². The van der Waals surface area contributed by atoms with Gasteiger partial charge >= 0.3 is 18.4 Å². The van der Waals surface area contributed by atoms with Gasteiger partial charge in [-0.2, -0.15) is 26.3 Å². The molecule has 2 aromatic rings. The van der Waals surface area contributed by atoms with Crippen LogP contribution in [0, 0.1) is 0 Å². The average molecular weight is 446 g/mol. The molecule has 0 aromatic heterocycles. The first-order valence-corrected chi connectivity index (χ1v) is 9.40. The first kappa shape index (κ1) is 22.8. The van der Waals surface area contributed by atoms with E-state index >= 15 is 0 Å². The summed E-state index contributed by atoms with van der Waals surface area (Å²) in [6.45, 7) is -0.639. The van der Waals surface area contributed by atoms with E-state index in [1.54, 1.807) is 6.07 Å². The fourth-order valence-electron chi connectivity index (χ4n) is 3.68. The summed E-state index contributed by atoms with van der Waals surface area (Å²) in [5, 5.41) is 0. The van der Waals surface area contributed by atoms with Gasteiger partial charge in [-0.05, 0) is 65.8 Å². The lowest BCUT2D eigenvalue weighted by Crippen LogP contribution is -2.30. The molecular formula is C21H20F6N2O2. The van der Waals surface area contributed by atoms with Crippen molar-refractivity contribution in [1.29, 1.82) is 0 Å². The third-order valence-electron chi connectivity index (χ3n) is 5.17. The summed E-state index contributed by atoms with van der Waals surface area (Å²) >= 11 is 0. The van der Waals surface area contributed by atoms with Gasteiger partial charge in [0.2, 0.25) is 0 Å². The second-order valence-electron chi connectivity index (χ2n) is 7.41. The third kappa shape index (κ3) is 5.23. The largest absolute Gasteiger partial charge is 0.453 e. The van der Waals surface area contributed by atoms with Crippen molar-refractivity contribution in [1.82, 2.24) is 4.90 Å². The Balaban J connectivity index is 1.96. The van der Waals surface area contributed by atoms with Gasteiger partial charge in [0.25, 0.3) is 0 Å². The lowest BCUT2D eigenvalue weighted by molar-refractivity contribution is -0.143. The molecule has 1 amide bonds. The number of alkyl halides is 6. The number of nitrogens with two attached hydrogens (primary N) is 1. The standard InChI is InChI=1S/C21H20F6N2O2/c1-31-19(30)29(11-15-7-13-3-2-4-14(13)8-18(15)28)10-12-5-16(20(22,23)24)9-17(6-12)21(25,26)27/h5-9H,2-4,10-11,28H2,1H3. The minimum Gasteiger partial charge on any atom is -0.453 e. The maximum Gasteiger partial charge on any atom is 0.416 e. The van der Waals surface area contributed by atoms with Gasteiger partial charge in [-0.15, -0.1) is 0 Å². The summed E-state index contributed by atoms with van der Waals surface area (Å²) in [7, 11) is 1.08. The van der Waals surface area contributed by atoms with Gasteiger partial charge in [0, 0.05) is 12.2 Å². The summed E-state index contributed by atoms with van der Waals surface area (Å²) in [6.07, 6.45) is -8.17. The van der Waals surface area contributed by atoms with Crippen LogP contribution in [0.3, 0.4) is 0 Å². The Labute approximate surface area is 174 Å². The number of rotatable bonds is 4. The Morgan fingerprint density at radius 3 is 2.00 bits per heavy atom. The average Bonchev–Trinajstić information content (AvgIpc) is 3.12. The molecule has 168 valence electrons. The van der Waals surface area contributed by atoms with Gasteiger partial charge in [0.1, 0.15) is 0 Å². The highest BCUT2D eigenvalue weighted by molar-refractivity contribution is 5.68. The Hall–Kier alpha value is -2.91. The van der Waals surface area contributed by atoms with Crippen molar-refractivity contribution in [2.45, 2.75) is 44.7 Å². The molecule has 0 bridgehead atoms. The first-order chi connectivity index (χ1) is 14.4. The molecule has 0 fully saturated rings. The molecular weight excluding hydrogens is 426 g/mol. The molecule has 1 aliphatic carbocycles. The summed E-state index contributed by atoms with van der Waals surface area (Å²) in [5.74, 6) is 0. The molecule has 2 N–H and O–H groups in total. The van der Waals surface area contributed by atoms with Crippen molar-refractivity contribution in [3.63, 3.8) is 0 Å². The van der Waals surface area contributed by atoms with Crippen molar-refractivity contribution in [2.24, 2.45) is 0 Å². The van der Waals surface area contributed by atoms with E-state index in [4.69, 9.17) is 5.73 Å². The predicted molar refractivity (Wildman–Crippen MR) is 101 cm³/mol. The third-order valence-corrected chi connectivity index (χ3v) is 5.17. The van der Waals surface area contributed by atoms with Gasteiger partial charge in [-0.25, -0.2) is 4.79 Å². The molecule has 0 atom stereocenters. The van der Waals surface area contributed by atoms with Crippen LogP contribution in [0.5, 0.6) is 0 Å². The van der Waals surface area contributed by atoms with Crippen LogP contribution in [-0.2, 0) is 43.0 Å². The smallest absolute Gasteiger partial charge is 0.416 e. The molecule has 31 heavy (non-hydrogen) atoms. The van der Waals surface area contributed by atoms with Crippen molar-refractivity contribution in [3.8, 4) is 0 Å². The van der Waals surface area contributed by atoms with E-state index in [1.165, 1.54) is 0 Å². The van der Waals surface area contributed by atoms with Crippen molar-refractivity contribution < 1.29 is 35.9 Å². The zero-order valence-electron chi connectivity index (χ0n) is 16.5. The number of carbonyl (C=O) groups is 1. The van der Waals surface area contributed by atoms with Crippen molar-refractivity contribution in [2.75, 3.05) is 12.8 Å². The molecule has 0 spiro atoms. The van der Waals surface area contributed by atoms with Crippen LogP contribution in [0.2, 0.25) is 0 Å². The van der Waals surface area contributed by atoms with Crippen LogP contribution in [0.4, 0.5) is 36.8 Å². The molecule has 0 radical (unpaired) electrons. The number of hydrogen-bond acceptors (Lipinski definition) is 3. The number of aryl methyl sites for hydroxylation is 2. The molecule has 10 heteroatoms. The van der Waals surface area contributed by atoms with Crippen LogP contribution in [0.25, 0.3) is 0 Å². The fraction of sp³-hybridized carbons (Fsp3) is 0.381. The Bertz CT molecular complexity index is 953. The zero-order valence-corrected chi connectivity index (χ0v) is 16.5. The zero-order chi connectivity index (χ0) is 23.0. The minimum absolute atomic E-state index is 0.0461. The molecule has 4 nitrogen and oxygen atoms in total. The number of fused-ring (bicyclic) bond motifs is 1. The molecule has 0 heterocycles. The number of benzene rings is 2. The van der Waals surface area contributed by atoms with Crippen LogP contribution >= 0.6 is 0 Å². The second kappa shape index (κ2) is 8.32. The highest BCUT2D eigenvalue weighted by Crippen LogP contribution is 2.37. The number of carbonyl (C=O) groups excluding carboxylic acids is 1. The van der Waals surface area contributed by atoms with E-state index in [1.807, 2.05) is 6.07 Å². The van der Waals surface area contributed by atoms with Gasteiger partial charge in [-0.1, -0.05) is 6.07 Å². The van der Waals surface area contributed by atoms with Crippen LogP contribution in [0.15, 0.2) is 30.3 Å². The number of nitrogen functional groups attached to an aromatic ring is 1. The number of halogens is 6. The normalized spacial score (nSPS) is 13.8. The van der Waals surface area contributed by atoms with Gasteiger partial charge < -0.3 is 10.5 Å². The lowest BCUT2D eigenvalue weighted by Gasteiger charge is -2.24. The van der Waals surface area contributed by atoms with Gasteiger partial charge in [0.15, 0.2) is 0 Å². The monoisotopic (exact) mass is 446 g/mol. The maximum absolute atomic E-state index is 13.1. The predicted octanol–water partition coefficient (Wildman–Crippen LogP) is 5.56. The first-order valence-electron chi connectivity index (χ1n) is 9.40. The number of nitrogens with zero attached hydrogens (tertiary/aromatic N) is 1. The number of amides is 1. The number of hydrogen-bond donors (Lipinski definition) is 1. The summed E-state index contributed by atoms with van der Waals surface area (Å²) in [4.78, 5) is 13.3. The van der Waals surface area contributed by atoms with Crippen LogP contribution in [0.1, 0.15) is 39.8 Å². The number of ether oxygens (including phenoxy) is 1. The van der Waals surface area contributed by atoms with E-state index in [0.29, 0.717) is 23.4 Å². The lowest BCUT2D eigenvalue weighted by atomic mass is 10.0. The molecule has 0 saturated heterocycles. The SMILES string of the molecule is COC(=O)N(Cc1cc(C(F)(F)F)cc(C(F)(F)F)c1)Cc1cc2c(cc1N)CCC2. The quantitative estimate of drug-likeness (QED) is 0.494. The molecule has 0 unspecified atom stereocenters. The highest BCUT2D eigenvalue weighted by atomic mass is 19.4. The molecule has 2 aromatic carbocycles. The summed E-state index contributed by atoms with van der Waals surface area (Å²) < 4.78 is 83.5. The Morgan fingerprint density at radius 1 is 0.935 bits per heavy atom. The maximum atomic E-state index is 13.1. The minimum atomic E-state index is -4.98. The number of methoxy groups -OCH3 is 1. The topological polar surface area (TPSA) is 55.6 Å². The molecule has 1 aliphatic rings. The van der Waals surface area contributed by atoms with Crippen molar-refractivity contribution >= 4 is 11.8 Å². The molecule has 0 aliphatic heterocycles. The van der Waals surface area contributed by atoms with E-state index < -0.39 is 36.1 Å². The van der Waals surface area contributed by atoms with E-state index in [-0.39, 0.29) is 18.2 Å². The second-order valence-corrected chi connectivity index (χ2v) is 7.41.